The van der Waals surface area contributed by atoms with Crippen LogP contribution in [0.5, 0.6) is 0 Å². The van der Waals surface area contributed by atoms with Gasteiger partial charge < -0.3 is 25.4 Å². The smallest absolute Gasteiger partial charge is 0.411 e. The minimum absolute atomic E-state index is 0.406. The summed E-state index contributed by atoms with van der Waals surface area (Å²) in [6, 6.07) is 7.34. The minimum atomic E-state index is -0.517. The highest BCUT2D eigenvalue weighted by molar-refractivity contribution is 5.84. The minimum Gasteiger partial charge on any atom is -0.453 e. The van der Waals surface area contributed by atoms with Gasteiger partial charge >= 0.3 is 12.2 Å². The van der Waals surface area contributed by atoms with Crippen molar-refractivity contribution in [1.82, 2.24) is 16.0 Å². The van der Waals surface area contributed by atoms with Crippen LogP contribution in [0.2, 0.25) is 0 Å². The second-order valence-corrected chi connectivity index (χ2v) is 6.59. The Labute approximate surface area is 159 Å². The van der Waals surface area contributed by atoms with E-state index in [4.69, 9.17) is 4.74 Å². The first kappa shape index (κ1) is 22.1. The second kappa shape index (κ2) is 10.9. The van der Waals surface area contributed by atoms with Crippen LogP contribution in [0.15, 0.2) is 29.3 Å². The number of anilines is 1. The fourth-order valence-electron chi connectivity index (χ4n) is 1.94. The number of carbonyl (C=O) groups excluding carboxylic acids is 2. The van der Waals surface area contributed by atoms with Gasteiger partial charge in [-0.25, -0.2) is 9.59 Å². The van der Waals surface area contributed by atoms with Gasteiger partial charge in [0.1, 0.15) is 5.60 Å². The maximum absolute atomic E-state index is 11.6. The Hall–Kier alpha value is -2.97. The summed E-state index contributed by atoms with van der Waals surface area (Å²) in [6.07, 6.45) is -0.960. The standard InChI is InChI=1S/C18H29N5O4/c1-18(2,3)27-16(24)21-11-10-20-15(19-4)22-12-13-6-8-14(9-7-13)23-17(25)26-5/h6-9H,10-12H2,1-5H3,(H,21,24)(H,23,25)(H2,19,20,22). The Balaban J connectivity index is 2.32. The molecule has 150 valence electrons. The first-order valence-corrected chi connectivity index (χ1v) is 8.59. The van der Waals surface area contributed by atoms with E-state index in [1.807, 2.05) is 32.9 Å². The van der Waals surface area contributed by atoms with Gasteiger partial charge in [-0.1, -0.05) is 12.1 Å². The van der Waals surface area contributed by atoms with Crippen LogP contribution in [0.4, 0.5) is 15.3 Å². The van der Waals surface area contributed by atoms with Crippen molar-refractivity contribution in [1.29, 1.82) is 0 Å². The third kappa shape index (κ3) is 9.93. The molecule has 0 aliphatic heterocycles. The molecular formula is C18H29N5O4. The highest BCUT2D eigenvalue weighted by Crippen LogP contribution is 2.09. The van der Waals surface area contributed by atoms with Gasteiger partial charge in [-0.15, -0.1) is 0 Å². The lowest BCUT2D eigenvalue weighted by atomic mass is 10.2. The van der Waals surface area contributed by atoms with E-state index in [1.165, 1.54) is 7.11 Å². The third-order valence-corrected chi connectivity index (χ3v) is 3.15. The summed E-state index contributed by atoms with van der Waals surface area (Å²) in [6.45, 7) is 6.90. The normalized spacial score (nSPS) is 11.4. The average Bonchev–Trinajstić information content (AvgIpc) is 2.60. The lowest BCUT2D eigenvalue weighted by Crippen LogP contribution is -2.42. The zero-order valence-electron chi connectivity index (χ0n) is 16.5. The number of ether oxygens (including phenoxy) is 2. The van der Waals surface area contributed by atoms with E-state index < -0.39 is 17.8 Å². The van der Waals surface area contributed by atoms with Crippen LogP contribution in [0.25, 0.3) is 0 Å². The van der Waals surface area contributed by atoms with Crippen molar-refractivity contribution >= 4 is 23.8 Å². The van der Waals surface area contributed by atoms with Gasteiger partial charge in [-0.05, 0) is 38.5 Å². The number of alkyl carbamates (subject to hydrolysis) is 1. The summed E-state index contributed by atoms with van der Waals surface area (Å²) in [7, 11) is 2.98. The molecule has 1 rings (SSSR count). The van der Waals surface area contributed by atoms with Gasteiger partial charge in [0, 0.05) is 32.4 Å². The number of benzene rings is 1. The predicted octanol–water partition coefficient (Wildman–Crippen LogP) is 2.05. The molecule has 27 heavy (non-hydrogen) atoms. The molecule has 2 amide bonds. The quantitative estimate of drug-likeness (QED) is 0.342. The molecule has 0 bridgehead atoms. The first-order valence-electron chi connectivity index (χ1n) is 8.59. The monoisotopic (exact) mass is 379 g/mol. The van der Waals surface area contributed by atoms with Crippen LogP contribution in [-0.4, -0.2) is 51.0 Å². The van der Waals surface area contributed by atoms with Crippen LogP contribution >= 0.6 is 0 Å². The topological polar surface area (TPSA) is 113 Å². The first-order chi connectivity index (χ1) is 12.7. The van der Waals surface area contributed by atoms with E-state index in [9.17, 15) is 9.59 Å². The molecule has 0 aromatic heterocycles. The molecule has 0 saturated carbocycles. The number of rotatable bonds is 6. The molecule has 0 saturated heterocycles. The number of hydrogen-bond acceptors (Lipinski definition) is 5. The van der Waals surface area contributed by atoms with E-state index in [0.717, 1.165) is 5.56 Å². The lowest BCUT2D eigenvalue weighted by Gasteiger charge is -2.20. The molecule has 0 fully saturated rings. The number of nitrogens with zero attached hydrogens (tertiary/aromatic N) is 1. The molecule has 0 aliphatic carbocycles. The predicted molar refractivity (Wildman–Crippen MR) is 105 cm³/mol. The van der Waals surface area contributed by atoms with Crippen LogP contribution in [0, 0.1) is 0 Å². The fraction of sp³-hybridized carbons (Fsp3) is 0.500. The molecule has 1 aromatic rings. The molecule has 0 unspecified atom stereocenters. The van der Waals surface area contributed by atoms with E-state index in [2.05, 4.69) is 31.0 Å². The molecular weight excluding hydrogens is 350 g/mol. The molecule has 0 spiro atoms. The number of carbonyl (C=O) groups is 2. The summed E-state index contributed by atoms with van der Waals surface area (Å²) in [5, 5.41) is 11.5. The Morgan fingerprint density at radius 3 is 2.19 bits per heavy atom. The number of aliphatic imine (C=N–C) groups is 1. The Morgan fingerprint density at radius 2 is 1.63 bits per heavy atom. The number of guanidine groups is 1. The number of hydrogen-bond donors (Lipinski definition) is 4. The van der Waals surface area contributed by atoms with E-state index in [-0.39, 0.29) is 0 Å². The summed E-state index contributed by atoms with van der Waals surface area (Å²) in [5.74, 6) is 0.609. The maximum Gasteiger partial charge on any atom is 0.411 e. The highest BCUT2D eigenvalue weighted by Gasteiger charge is 2.15. The number of amides is 2. The van der Waals surface area contributed by atoms with E-state index in [1.54, 1.807) is 19.2 Å². The molecule has 0 atom stereocenters. The molecule has 4 N–H and O–H groups in total. The van der Waals surface area contributed by atoms with E-state index >= 15 is 0 Å². The van der Waals surface area contributed by atoms with E-state index in [0.29, 0.717) is 31.3 Å². The van der Waals surface area contributed by atoms with Crippen molar-refractivity contribution in [3.63, 3.8) is 0 Å². The molecule has 9 heteroatoms. The van der Waals surface area contributed by atoms with Gasteiger partial charge in [0.25, 0.3) is 0 Å². The van der Waals surface area contributed by atoms with Gasteiger partial charge in [0.2, 0.25) is 0 Å². The number of nitrogens with one attached hydrogen (secondary N) is 4. The largest absolute Gasteiger partial charge is 0.453 e. The van der Waals surface area contributed by atoms with Crippen LogP contribution < -0.4 is 21.3 Å². The fourth-order valence-corrected chi connectivity index (χ4v) is 1.94. The molecule has 0 heterocycles. The lowest BCUT2D eigenvalue weighted by molar-refractivity contribution is 0.0529. The van der Waals surface area contributed by atoms with Gasteiger partial charge in [-0.2, -0.15) is 0 Å². The maximum atomic E-state index is 11.6. The molecule has 0 aliphatic rings. The Morgan fingerprint density at radius 1 is 1.00 bits per heavy atom. The Kier molecular flexibility index (Phi) is 8.91. The molecule has 9 nitrogen and oxygen atoms in total. The van der Waals surface area contributed by atoms with Crippen molar-refractivity contribution in [2.45, 2.75) is 32.9 Å². The van der Waals surface area contributed by atoms with Crippen LogP contribution in [0.3, 0.4) is 0 Å². The molecule has 1 aromatic carbocycles. The van der Waals surface area contributed by atoms with Gasteiger partial charge in [0.15, 0.2) is 5.96 Å². The Bertz CT molecular complexity index is 638. The SMILES string of the molecule is CN=C(NCCNC(=O)OC(C)(C)C)NCc1ccc(NC(=O)OC)cc1. The summed E-state index contributed by atoms with van der Waals surface area (Å²) in [5.41, 5.74) is 1.15. The molecule has 0 radical (unpaired) electrons. The van der Waals surface area contributed by atoms with Crippen molar-refractivity contribution in [2.24, 2.45) is 4.99 Å². The summed E-state index contributed by atoms with van der Waals surface area (Å²) in [4.78, 5) is 26.8. The summed E-state index contributed by atoms with van der Waals surface area (Å²) >= 11 is 0. The van der Waals surface area contributed by atoms with Crippen molar-refractivity contribution in [3.8, 4) is 0 Å². The van der Waals surface area contributed by atoms with Crippen LogP contribution in [-0.2, 0) is 16.0 Å². The average molecular weight is 379 g/mol. The van der Waals surface area contributed by atoms with Crippen LogP contribution in [0.1, 0.15) is 26.3 Å². The zero-order chi connectivity index (χ0) is 20.3. The van der Waals surface area contributed by atoms with Gasteiger partial charge in [-0.3, -0.25) is 10.3 Å². The highest BCUT2D eigenvalue weighted by atomic mass is 16.6. The summed E-state index contributed by atoms with van der Waals surface area (Å²) < 4.78 is 9.70. The van der Waals surface area contributed by atoms with Crippen molar-refractivity contribution in [3.05, 3.63) is 29.8 Å². The van der Waals surface area contributed by atoms with Crippen molar-refractivity contribution < 1.29 is 19.1 Å². The van der Waals surface area contributed by atoms with Crippen molar-refractivity contribution in [2.75, 3.05) is 32.6 Å². The third-order valence-electron chi connectivity index (χ3n) is 3.15. The zero-order valence-corrected chi connectivity index (χ0v) is 16.5. The second-order valence-electron chi connectivity index (χ2n) is 6.59. The van der Waals surface area contributed by atoms with Gasteiger partial charge in [0.05, 0.1) is 7.11 Å². The number of methoxy groups -OCH3 is 1.